The molecular formula is C25H30ClIN2OS. The zero-order valence-corrected chi connectivity index (χ0v) is 22.3. The molecule has 2 aromatic rings. The molecule has 166 valence electrons. The van der Waals surface area contributed by atoms with Gasteiger partial charge in [0.2, 0.25) is 0 Å². The van der Waals surface area contributed by atoms with Crippen molar-refractivity contribution in [3.8, 4) is 0 Å². The molecule has 3 nitrogen and oxygen atoms in total. The van der Waals surface area contributed by atoms with Gasteiger partial charge >= 0.3 is 203 Å². The Morgan fingerprint density at radius 3 is 2.68 bits per heavy atom. The van der Waals surface area contributed by atoms with E-state index in [2.05, 4.69) is 54.2 Å². The maximum absolute atomic E-state index is 12.4. The molecule has 0 bridgehead atoms. The minimum absolute atomic E-state index is 0.164. The molecule has 0 unspecified atom stereocenters. The van der Waals surface area contributed by atoms with Crippen LogP contribution < -0.4 is 5.73 Å². The topological polar surface area (TPSA) is 48.0 Å². The summed E-state index contributed by atoms with van der Waals surface area (Å²) in [5, 5.41) is 1.73. The van der Waals surface area contributed by atoms with Gasteiger partial charge in [-0.25, -0.2) is 0 Å². The Balaban J connectivity index is 2.11. The summed E-state index contributed by atoms with van der Waals surface area (Å²) >= 11 is 7.06. The molecule has 0 atom stereocenters. The van der Waals surface area contributed by atoms with Crippen LogP contribution in [0.3, 0.4) is 0 Å². The van der Waals surface area contributed by atoms with E-state index in [1.54, 1.807) is 17.8 Å². The maximum atomic E-state index is 12.4. The van der Waals surface area contributed by atoms with E-state index in [9.17, 15) is 4.79 Å². The SMILES string of the molecule is C=Cc1cc(Cl)cc(Sc2c(C(C)C)c(C(N)=O)c(C)n2CC2=CCI(CC)C=C2)c1. The number of nitrogens with two attached hydrogens (primary N) is 1. The van der Waals surface area contributed by atoms with E-state index < -0.39 is 19.8 Å². The summed E-state index contributed by atoms with van der Waals surface area (Å²) in [6.45, 7) is 13.1. The van der Waals surface area contributed by atoms with Crippen molar-refractivity contribution in [2.45, 2.75) is 50.1 Å². The Labute approximate surface area is 202 Å². The molecule has 1 aromatic carbocycles. The molecule has 1 aliphatic heterocycles. The summed E-state index contributed by atoms with van der Waals surface area (Å²) in [4.78, 5) is 13.5. The molecule has 0 fully saturated rings. The first-order valence-corrected chi connectivity index (χ1v) is 15.8. The van der Waals surface area contributed by atoms with E-state index in [1.165, 1.54) is 14.4 Å². The Bertz CT molecular complexity index is 1070. The Morgan fingerprint density at radius 2 is 2.13 bits per heavy atom. The number of primary amides is 1. The number of alkyl halides is 2. The molecule has 0 radical (unpaired) electrons. The van der Waals surface area contributed by atoms with E-state index in [0.717, 1.165) is 33.3 Å². The van der Waals surface area contributed by atoms with Gasteiger partial charge in [0.15, 0.2) is 0 Å². The fourth-order valence-electron chi connectivity index (χ4n) is 3.74. The predicted molar refractivity (Wildman–Crippen MR) is 144 cm³/mol. The van der Waals surface area contributed by atoms with Crippen LogP contribution in [0.1, 0.15) is 53.9 Å². The standard InChI is InChI=1S/C25H30ClIN2OS/c1-6-18-12-20(26)14-21(13-18)31-25-22(16(3)4)23(24(28)30)17(5)29(25)15-19-8-10-27(7-2)11-9-19/h6,8-10,12-14,16H,1,7,11,15H2,2-5H3,(H2,28,30). The number of halogens is 2. The fourth-order valence-corrected chi connectivity index (χ4v) is 8.94. The second-order valence-electron chi connectivity index (χ2n) is 7.80. The van der Waals surface area contributed by atoms with E-state index >= 15 is 0 Å². The molecular weight excluding hydrogens is 539 g/mol. The number of amides is 1. The normalized spacial score (nSPS) is 14.8. The summed E-state index contributed by atoms with van der Waals surface area (Å²) in [6, 6.07) is 5.92. The second-order valence-corrected chi connectivity index (χ2v) is 15.3. The van der Waals surface area contributed by atoms with Crippen molar-refractivity contribution in [3.05, 3.63) is 74.0 Å². The third-order valence-electron chi connectivity index (χ3n) is 5.36. The summed E-state index contributed by atoms with van der Waals surface area (Å²) < 4.78 is 7.22. The van der Waals surface area contributed by atoms with Crippen molar-refractivity contribution in [1.82, 2.24) is 4.57 Å². The van der Waals surface area contributed by atoms with E-state index in [1.807, 2.05) is 19.1 Å². The number of carbonyl (C=O) groups is 1. The van der Waals surface area contributed by atoms with Crippen LogP contribution in [0, 0.1) is 6.92 Å². The van der Waals surface area contributed by atoms with Crippen LogP contribution in [0.5, 0.6) is 0 Å². The molecule has 1 aromatic heterocycles. The number of benzene rings is 1. The van der Waals surface area contributed by atoms with Crippen molar-refractivity contribution < 1.29 is 4.79 Å². The van der Waals surface area contributed by atoms with Crippen LogP contribution in [0.25, 0.3) is 6.08 Å². The summed E-state index contributed by atoms with van der Waals surface area (Å²) in [5.41, 5.74) is 10.7. The molecule has 3 rings (SSSR count). The first kappa shape index (κ1) is 24.2. The molecule has 0 aliphatic carbocycles. The zero-order chi connectivity index (χ0) is 22.7. The van der Waals surface area contributed by atoms with Crippen molar-refractivity contribution in [2.24, 2.45) is 5.73 Å². The quantitative estimate of drug-likeness (QED) is 0.266. The average Bonchev–Trinajstić information content (AvgIpc) is 3.00. The number of hydrogen-bond donors (Lipinski definition) is 1. The monoisotopic (exact) mass is 568 g/mol. The third-order valence-corrected chi connectivity index (χ3v) is 11.6. The van der Waals surface area contributed by atoms with Gasteiger partial charge in [0.1, 0.15) is 0 Å². The van der Waals surface area contributed by atoms with Crippen LogP contribution in [0.4, 0.5) is 0 Å². The van der Waals surface area contributed by atoms with Gasteiger partial charge in [0.05, 0.1) is 0 Å². The van der Waals surface area contributed by atoms with E-state index in [0.29, 0.717) is 10.6 Å². The molecule has 1 aliphatic rings. The van der Waals surface area contributed by atoms with Crippen molar-refractivity contribution in [3.63, 3.8) is 0 Å². The van der Waals surface area contributed by atoms with Gasteiger partial charge in [-0.1, -0.05) is 0 Å². The molecule has 0 spiro atoms. The first-order chi connectivity index (χ1) is 14.7. The Hall–Kier alpha value is -1.44. The molecule has 31 heavy (non-hydrogen) atoms. The number of nitrogens with zero attached hydrogens (tertiary/aromatic N) is 1. The predicted octanol–water partition coefficient (Wildman–Crippen LogP) is 7.45. The van der Waals surface area contributed by atoms with E-state index in [4.69, 9.17) is 17.3 Å². The third kappa shape index (κ3) is 5.49. The van der Waals surface area contributed by atoms with Gasteiger partial charge in [-0.3, -0.25) is 0 Å². The van der Waals surface area contributed by atoms with Gasteiger partial charge in [-0.05, 0) is 0 Å². The Kier molecular flexibility index (Phi) is 8.16. The van der Waals surface area contributed by atoms with Crippen LogP contribution in [0.2, 0.25) is 5.02 Å². The van der Waals surface area contributed by atoms with Gasteiger partial charge in [0, 0.05) is 0 Å². The first-order valence-electron chi connectivity index (χ1n) is 10.4. The fraction of sp³-hybridized carbons (Fsp3) is 0.320. The van der Waals surface area contributed by atoms with Crippen molar-refractivity contribution in [1.29, 1.82) is 0 Å². The number of hydrogen-bond acceptors (Lipinski definition) is 2. The molecule has 6 heteroatoms. The molecule has 2 heterocycles. The van der Waals surface area contributed by atoms with Crippen molar-refractivity contribution >= 4 is 55.2 Å². The average molecular weight is 569 g/mol. The number of carbonyl (C=O) groups excluding carboxylic acids is 1. The van der Waals surface area contributed by atoms with Crippen LogP contribution in [0.15, 0.2) is 56.5 Å². The van der Waals surface area contributed by atoms with Crippen molar-refractivity contribution in [2.75, 3.05) is 8.86 Å². The van der Waals surface area contributed by atoms with Crippen LogP contribution in [-0.4, -0.2) is 19.3 Å². The van der Waals surface area contributed by atoms with Crippen LogP contribution >= 0.6 is 43.2 Å². The molecule has 0 saturated carbocycles. The summed E-state index contributed by atoms with van der Waals surface area (Å²) in [7, 11) is 0. The van der Waals surface area contributed by atoms with E-state index in [-0.39, 0.29) is 11.8 Å². The molecule has 0 saturated heterocycles. The van der Waals surface area contributed by atoms with Gasteiger partial charge in [-0.2, -0.15) is 0 Å². The molecule has 1 amide bonds. The Morgan fingerprint density at radius 1 is 1.39 bits per heavy atom. The van der Waals surface area contributed by atoms with Gasteiger partial charge in [-0.15, -0.1) is 0 Å². The molecule has 2 N–H and O–H groups in total. The number of allylic oxidation sites excluding steroid dienone is 3. The van der Waals surface area contributed by atoms with Gasteiger partial charge in [0.25, 0.3) is 0 Å². The number of aromatic nitrogens is 1. The van der Waals surface area contributed by atoms with Gasteiger partial charge < -0.3 is 0 Å². The zero-order valence-electron chi connectivity index (χ0n) is 18.5. The summed E-state index contributed by atoms with van der Waals surface area (Å²) in [6.07, 6.45) is 6.47. The summed E-state index contributed by atoms with van der Waals surface area (Å²) in [5.74, 6) is -0.205. The van der Waals surface area contributed by atoms with Crippen LogP contribution in [-0.2, 0) is 6.54 Å². The second kappa shape index (κ2) is 10.5. The number of rotatable bonds is 8. The minimum atomic E-state index is -0.929.